The molecule has 0 atom stereocenters. The summed E-state index contributed by atoms with van der Waals surface area (Å²) in [7, 11) is 3.07. The third kappa shape index (κ3) is 6.34. The first-order valence-electron chi connectivity index (χ1n) is 9.60. The van der Waals surface area contributed by atoms with Crippen LogP contribution in [0.25, 0.3) is 0 Å². The van der Waals surface area contributed by atoms with Gasteiger partial charge in [-0.15, -0.1) is 0 Å². The van der Waals surface area contributed by atoms with Crippen LogP contribution in [0.2, 0.25) is 0 Å². The van der Waals surface area contributed by atoms with E-state index in [9.17, 15) is 9.59 Å². The summed E-state index contributed by atoms with van der Waals surface area (Å²) in [5.41, 5.74) is 5.16. The normalized spacial score (nSPS) is 11.6. The number of carbonyl (C=O) groups is 2. The van der Waals surface area contributed by atoms with E-state index in [0.29, 0.717) is 28.5 Å². The Morgan fingerprint density at radius 1 is 1.00 bits per heavy atom. The molecule has 0 unspecified atom stereocenters. The summed E-state index contributed by atoms with van der Waals surface area (Å²) < 4.78 is 10.4. The molecule has 160 valence electrons. The van der Waals surface area contributed by atoms with Crippen molar-refractivity contribution in [1.82, 2.24) is 5.43 Å². The van der Waals surface area contributed by atoms with E-state index in [1.165, 1.54) is 7.11 Å². The Bertz CT molecular complexity index is 928. The van der Waals surface area contributed by atoms with Crippen LogP contribution in [0.15, 0.2) is 47.6 Å². The van der Waals surface area contributed by atoms with E-state index < -0.39 is 0 Å². The maximum atomic E-state index is 12.3. The first-order chi connectivity index (χ1) is 14.1. The molecule has 0 heterocycles. The Morgan fingerprint density at radius 3 is 2.23 bits per heavy atom. The van der Waals surface area contributed by atoms with Gasteiger partial charge in [0.15, 0.2) is 0 Å². The zero-order valence-electron chi connectivity index (χ0n) is 18.3. The molecule has 0 saturated heterocycles. The Hall–Kier alpha value is -3.35. The van der Waals surface area contributed by atoms with Crippen LogP contribution in [0.3, 0.4) is 0 Å². The lowest BCUT2D eigenvalue weighted by Gasteiger charge is -2.18. The fourth-order valence-corrected chi connectivity index (χ4v) is 2.70. The summed E-state index contributed by atoms with van der Waals surface area (Å²) in [5.74, 6) is 0.515. The van der Waals surface area contributed by atoms with Crippen LogP contribution in [0.4, 0.5) is 5.69 Å². The van der Waals surface area contributed by atoms with Crippen LogP contribution in [0, 0.1) is 0 Å². The van der Waals surface area contributed by atoms with E-state index in [1.54, 1.807) is 44.4 Å². The van der Waals surface area contributed by atoms with Crippen molar-refractivity contribution < 1.29 is 19.1 Å². The molecule has 0 bridgehead atoms. The van der Waals surface area contributed by atoms with Gasteiger partial charge >= 0.3 is 0 Å². The second-order valence-corrected chi connectivity index (χ2v) is 7.91. The summed E-state index contributed by atoms with van der Waals surface area (Å²) in [6.45, 7) is 8.01. The van der Waals surface area contributed by atoms with Gasteiger partial charge in [-0.2, -0.15) is 5.10 Å². The zero-order chi connectivity index (χ0) is 22.3. The van der Waals surface area contributed by atoms with Gasteiger partial charge in [-0.1, -0.05) is 32.9 Å². The van der Waals surface area contributed by atoms with Crippen LogP contribution in [0.5, 0.6) is 11.5 Å². The van der Waals surface area contributed by atoms with Gasteiger partial charge in [-0.3, -0.25) is 9.59 Å². The number of ether oxygens (including phenoxy) is 2. The zero-order valence-corrected chi connectivity index (χ0v) is 18.3. The van der Waals surface area contributed by atoms with Crippen molar-refractivity contribution >= 4 is 23.2 Å². The Morgan fingerprint density at radius 2 is 1.67 bits per heavy atom. The molecular formula is C23H29N3O4. The molecule has 0 aliphatic rings. The highest BCUT2D eigenvalue weighted by molar-refractivity contribution is 6.06. The Labute approximate surface area is 177 Å². The van der Waals surface area contributed by atoms with Gasteiger partial charge < -0.3 is 14.8 Å². The number of benzene rings is 2. The minimum Gasteiger partial charge on any atom is -0.497 e. The number of carbonyl (C=O) groups excluding carboxylic acids is 2. The molecule has 2 N–H and O–H groups in total. The van der Waals surface area contributed by atoms with E-state index in [1.807, 2.05) is 12.1 Å². The second kappa shape index (κ2) is 9.91. The van der Waals surface area contributed by atoms with E-state index in [0.717, 1.165) is 5.56 Å². The van der Waals surface area contributed by atoms with Crippen molar-refractivity contribution in [3.63, 3.8) is 0 Å². The molecule has 0 aliphatic heterocycles. The third-order valence-corrected chi connectivity index (χ3v) is 4.46. The quantitative estimate of drug-likeness (QED) is 0.529. The predicted octanol–water partition coefficient (Wildman–Crippen LogP) is 4.14. The molecule has 2 aromatic rings. The predicted molar refractivity (Wildman–Crippen MR) is 119 cm³/mol. The van der Waals surface area contributed by atoms with Crippen LogP contribution >= 0.6 is 0 Å². The van der Waals surface area contributed by atoms with E-state index in [-0.39, 0.29) is 23.7 Å². The van der Waals surface area contributed by atoms with Gasteiger partial charge in [0.05, 0.1) is 26.3 Å². The first kappa shape index (κ1) is 22.9. The van der Waals surface area contributed by atoms with Crippen molar-refractivity contribution in [2.75, 3.05) is 19.5 Å². The van der Waals surface area contributed by atoms with Crippen molar-refractivity contribution in [1.29, 1.82) is 0 Å². The average Bonchev–Trinajstić information content (AvgIpc) is 2.71. The summed E-state index contributed by atoms with van der Waals surface area (Å²) in [6, 6.07) is 12.5. The largest absolute Gasteiger partial charge is 0.497 e. The molecule has 0 aromatic heterocycles. The smallest absolute Gasteiger partial charge is 0.271 e. The van der Waals surface area contributed by atoms with Crippen LogP contribution in [-0.4, -0.2) is 31.7 Å². The molecule has 2 amide bonds. The molecular weight excluding hydrogens is 382 g/mol. The van der Waals surface area contributed by atoms with E-state index in [4.69, 9.17) is 9.47 Å². The number of hydrogen-bond acceptors (Lipinski definition) is 5. The number of amides is 2. The molecule has 7 nitrogen and oxygen atoms in total. The van der Waals surface area contributed by atoms with Crippen LogP contribution in [0.1, 0.15) is 50.0 Å². The number of hydrogen-bond donors (Lipinski definition) is 2. The lowest BCUT2D eigenvalue weighted by atomic mass is 9.87. The molecule has 2 aromatic carbocycles. The van der Waals surface area contributed by atoms with E-state index in [2.05, 4.69) is 36.6 Å². The number of anilines is 1. The van der Waals surface area contributed by atoms with Gasteiger partial charge in [-0.25, -0.2) is 5.43 Å². The Balaban J connectivity index is 1.94. The second-order valence-electron chi connectivity index (χ2n) is 7.91. The van der Waals surface area contributed by atoms with Crippen LogP contribution < -0.4 is 20.2 Å². The maximum absolute atomic E-state index is 12.3. The fourth-order valence-electron chi connectivity index (χ4n) is 2.70. The maximum Gasteiger partial charge on any atom is 0.271 e. The lowest BCUT2D eigenvalue weighted by molar-refractivity contribution is -0.115. The van der Waals surface area contributed by atoms with Crippen molar-refractivity contribution in [2.45, 2.75) is 39.5 Å². The first-order valence-corrected chi connectivity index (χ1v) is 9.60. The number of hydrazone groups is 1. The van der Waals surface area contributed by atoms with Crippen molar-refractivity contribution in [3.8, 4) is 11.5 Å². The van der Waals surface area contributed by atoms with Crippen LogP contribution in [-0.2, 0) is 10.2 Å². The minimum atomic E-state index is -0.327. The third-order valence-electron chi connectivity index (χ3n) is 4.46. The average molecular weight is 412 g/mol. The van der Waals surface area contributed by atoms with Crippen molar-refractivity contribution in [2.24, 2.45) is 5.10 Å². The number of rotatable bonds is 7. The molecule has 0 aliphatic carbocycles. The van der Waals surface area contributed by atoms with Gasteiger partial charge in [-0.05, 0) is 42.2 Å². The van der Waals surface area contributed by atoms with Crippen molar-refractivity contribution in [3.05, 3.63) is 53.6 Å². The van der Waals surface area contributed by atoms with Gasteiger partial charge in [0, 0.05) is 17.3 Å². The standard InChI is InChI=1S/C23H29N3O4/c1-15(13-21(27)24-19-12-11-18(29-5)14-20(19)30-6)25-26-22(28)16-7-9-17(10-8-16)23(2,3)4/h7-12,14H,13H2,1-6H3,(H,24,27)(H,26,28). The van der Waals surface area contributed by atoms with Gasteiger partial charge in [0.1, 0.15) is 11.5 Å². The molecule has 2 rings (SSSR count). The minimum absolute atomic E-state index is 0.0175. The summed E-state index contributed by atoms with van der Waals surface area (Å²) in [6.07, 6.45) is 0.0262. The number of methoxy groups -OCH3 is 2. The summed E-state index contributed by atoms with van der Waals surface area (Å²) in [4.78, 5) is 24.6. The van der Waals surface area contributed by atoms with Gasteiger partial charge in [0.25, 0.3) is 5.91 Å². The molecule has 0 radical (unpaired) electrons. The highest BCUT2D eigenvalue weighted by atomic mass is 16.5. The topological polar surface area (TPSA) is 89.0 Å². The fraction of sp³-hybridized carbons (Fsp3) is 0.348. The molecule has 0 fully saturated rings. The lowest BCUT2D eigenvalue weighted by Crippen LogP contribution is -2.22. The number of nitrogens with one attached hydrogen (secondary N) is 2. The molecule has 0 spiro atoms. The molecule has 0 saturated carbocycles. The monoisotopic (exact) mass is 411 g/mol. The SMILES string of the molecule is COc1ccc(NC(=O)CC(C)=NNC(=O)c2ccc(C(C)(C)C)cc2)c(OC)c1. The summed E-state index contributed by atoms with van der Waals surface area (Å²) in [5, 5.41) is 6.80. The van der Waals surface area contributed by atoms with Gasteiger partial charge in [0.2, 0.25) is 5.91 Å². The molecule has 30 heavy (non-hydrogen) atoms. The molecule has 7 heteroatoms. The summed E-state index contributed by atoms with van der Waals surface area (Å²) >= 11 is 0. The highest BCUT2D eigenvalue weighted by Crippen LogP contribution is 2.29. The highest BCUT2D eigenvalue weighted by Gasteiger charge is 2.14. The number of nitrogens with zero attached hydrogens (tertiary/aromatic N) is 1. The van der Waals surface area contributed by atoms with E-state index >= 15 is 0 Å². The Kier molecular flexibility index (Phi) is 7.58.